The molecule has 1 amide bonds. The Morgan fingerprint density at radius 1 is 1.12 bits per heavy atom. The molecule has 1 N–H and O–H groups in total. The van der Waals surface area contributed by atoms with E-state index in [0.29, 0.717) is 11.6 Å². The van der Waals surface area contributed by atoms with Crippen molar-refractivity contribution in [2.75, 3.05) is 38.5 Å². The number of likely N-dealkylation sites (N-methyl/N-ethyl adjacent to an activating group) is 1. The van der Waals surface area contributed by atoms with Gasteiger partial charge in [0, 0.05) is 36.4 Å². The maximum absolute atomic E-state index is 12.4. The van der Waals surface area contributed by atoms with E-state index < -0.39 is 0 Å². The van der Waals surface area contributed by atoms with Gasteiger partial charge >= 0.3 is 0 Å². The molecule has 1 aliphatic heterocycles. The first kappa shape index (κ1) is 17.0. The SMILES string of the molecule is CN1CCN(CC(=O)Nc2ccc(Cl)cc2)C(c2ccccc2)C1. The molecule has 1 aliphatic rings. The van der Waals surface area contributed by atoms with Gasteiger partial charge in [0.1, 0.15) is 0 Å². The van der Waals surface area contributed by atoms with Crippen LogP contribution in [0, 0.1) is 0 Å². The van der Waals surface area contributed by atoms with E-state index in [-0.39, 0.29) is 11.9 Å². The largest absolute Gasteiger partial charge is 0.325 e. The summed E-state index contributed by atoms with van der Waals surface area (Å²) in [6.07, 6.45) is 0. The number of piperazine rings is 1. The van der Waals surface area contributed by atoms with Crippen molar-refractivity contribution in [3.05, 3.63) is 65.2 Å². The van der Waals surface area contributed by atoms with Gasteiger partial charge in [0.2, 0.25) is 5.91 Å². The van der Waals surface area contributed by atoms with E-state index in [2.05, 4.69) is 46.4 Å². The predicted molar refractivity (Wildman–Crippen MR) is 98.3 cm³/mol. The van der Waals surface area contributed by atoms with Crippen LogP contribution in [0.3, 0.4) is 0 Å². The Labute approximate surface area is 148 Å². The van der Waals surface area contributed by atoms with Crippen LogP contribution in [-0.4, -0.2) is 48.9 Å². The van der Waals surface area contributed by atoms with E-state index in [0.717, 1.165) is 25.3 Å². The number of nitrogens with zero attached hydrogens (tertiary/aromatic N) is 2. The highest BCUT2D eigenvalue weighted by Gasteiger charge is 2.27. The molecule has 0 aliphatic carbocycles. The zero-order valence-corrected chi connectivity index (χ0v) is 14.5. The van der Waals surface area contributed by atoms with Crippen LogP contribution >= 0.6 is 11.6 Å². The first-order valence-electron chi connectivity index (χ1n) is 8.15. The highest BCUT2D eigenvalue weighted by atomic mass is 35.5. The Morgan fingerprint density at radius 3 is 2.54 bits per heavy atom. The molecule has 0 spiro atoms. The third-order valence-electron chi connectivity index (χ3n) is 4.35. The molecule has 0 saturated carbocycles. The van der Waals surface area contributed by atoms with Gasteiger partial charge in [-0.2, -0.15) is 0 Å². The number of nitrogens with one attached hydrogen (secondary N) is 1. The maximum Gasteiger partial charge on any atom is 0.238 e. The van der Waals surface area contributed by atoms with Crippen LogP contribution in [0.5, 0.6) is 0 Å². The van der Waals surface area contributed by atoms with Crippen molar-refractivity contribution < 1.29 is 4.79 Å². The van der Waals surface area contributed by atoms with Crippen LogP contribution in [-0.2, 0) is 4.79 Å². The lowest BCUT2D eigenvalue weighted by Crippen LogP contribution is -2.49. The second-order valence-corrected chi connectivity index (χ2v) is 6.65. The van der Waals surface area contributed by atoms with E-state index in [1.54, 1.807) is 12.1 Å². The van der Waals surface area contributed by atoms with Crippen LogP contribution in [0.4, 0.5) is 5.69 Å². The van der Waals surface area contributed by atoms with E-state index >= 15 is 0 Å². The standard InChI is InChI=1S/C19H22ClN3O/c1-22-11-12-23(18(13-22)15-5-3-2-4-6-15)14-19(24)21-17-9-7-16(20)8-10-17/h2-10,18H,11-14H2,1H3,(H,21,24). The van der Waals surface area contributed by atoms with Gasteiger partial charge < -0.3 is 10.2 Å². The maximum atomic E-state index is 12.4. The number of rotatable bonds is 4. The molecule has 126 valence electrons. The summed E-state index contributed by atoms with van der Waals surface area (Å²) in [7, 11) is 2.13. The molecule has 3 rings (SSSR count). The number of hydrogen-bond donors (Lipinski definition) is 1. The highest BCUT2D eigenvalue weighted by Crippen LogP contribution is 2.24. The Balaban J connectivity index is 1.67. The fourth-order valence-corrected chi connectivity index (χ4v) is 3.18. The summed E-state index contributed by atoms with van der Waals surface area (Å²) >= 11 is 5.88. The molecule has 0 radical (unpaired) electrons. The molecule has 5 heteroatoms. The van der Waals surface area contributed by atoms with E-state index in [4.69, 9.17) is 11.6 Å². The molecule has 2 aromatic carbocycles. The normalized spacial score (nSPS) is 19.2. The number of carbonyl (C=O) groups excluding carboxylic acids is 1. The lowest BCUT2D eigenvalue weighted by molar-refractivity contribution is -0.118. The number of carbonyl (C=O) groups is 1. The van der Waals surface area contributed by atoms with Gasteiger partial charge in [0.25, 0.3) is 0 Å². The zero-order valence-electron chi connectivity index (χ0n) is 13.8. The van der Waals surface area contributed by atoms with E-state index in [1.165, 1.54) is 5.56 Å². The molecular weight excluding hydrogens is 322 g/mol. The summed E-state index contributed by atoms with van der Waals surface area (Å²) in [5.41, 5.74) is 2.03. The number of anilines is 1. The molecule has 0 aromatic heterocycles. The van der Waals surface area contributed by atoms with Crippen molar-refractivity contribution in [2.45, 2.75) is 6.04 Å². The second kappa shape index (κ2) is 7.79. The monoisotopic (exact) mass is 343 g/mol. The van der Waals surface area contributed by atoms with Crippen molar-refractivity contribution in [1.82, 2.24) is 9.80 Å². The van der Waals surface area contributed by atoms with Crippen LogP contribution in [0.15, 0.2) is 54.6 Å². The Morgan fingerprint density at radius 2 is 1.83 bits per heavy atom. The molecule has 1 saturated heterocycles. The van der Waals surface area contributed by atoms with Gasteiger partial charge in [-0.15, -0.1) is 0 Å². The summed E-state index contributed by atoms with van der Waals surface area (Å²) in [5.74, 6) is 0.00260. The van der Waals surface area contributed by atoms with Gasteiger partial charge in [-0.25, -0.2) is 0 Å². The first-order valence-corrected chi connectivity index (χ1v) is 8.52. The van der Waals surface area contributed by atoms with Crippen molar-refractivity contribution in [2.24, 2.45) is 0 Å². The molecular formula is C19H22ClN3O. The van der Waals surface area contributed by atoms with Crippen LogP contribution in [0.25, 0.3) is 0 Å². The third-order valence-corrected chi connectivity index (χ3v) is 4.61. The van der Waals surface area contributed by atoms with Gasteiger partial charge in [0.15, 0.2) is 0 Å². The summed E-state index contributed by atoms with van der Waals surface area (Å²) in [6.45, 7) is 3.16. The molecule has 1 unspecified atom stereocenters. The molecule has 1 heterocycles. The smallest absolute Gasteiger partial charge is 0.238 e. The minimum Gasteiger partial charge on any atom is -0.325 e. The van der Waals surface area contributed by atoms with Crippen LogP contribution in [0.1, 0.15) is 11.6 Å². The average Bonchev–Trinajstić information content (AvgIpc) is 2.59. The predicted octanol–water partition coefficient (Wildman–Crippen LogP) is 3.27. The van der Waals surface area contributed by atoms with Crippen molar-refractivity contribution >= 4 is 23.2 Å². The van der Waals surface area contributed by atoms with Crippen LogP contribution in [0.2, 0.25) is 5.02 Å². The Kier molecular flexibility index (Phi) is 5.51. The van der Waals surface area contributed by atoms with Gasteiger partial charge in [-0.3, -0.25) is 9.69 Å². The topological polar surface area (TPSA) is 35.6 Å². The number of hydrogen-bond acceptors (Lipinski definition) is 3. The summed E-state index contributed by atoms with van der Waals surface area (Å²) in [4.78, 5) is 17.0. The summed E-state index contributed by atoms with van der Waals surface area (Å²) < 4.78 is 0. The molecule has 2 aromatic rings. The molecule has 4 nitrogen and oxygen atoms in total. The van der Waals surface area contributed by atoms with Crippen molar-refractivity contribution in [3.63, 3.8) is 0 Å². The van der Waals surface area contributed by atoms with Gasteiger partial charge in [-0.1, -0.05) is 41.9 Å². The molecule has 24 heavy (non-hydrogen) atoms. The number of amides is 1. The van der Waals surface area contributed by atoms with E-state index in [1.807, 2.05) is 18.2 Å². The highest BCUT2D eigenvalue weighted by molar-refractivity contribution is 6.30. The van der Waals surface area contributed by atoms with Crippen molar-refractivity contribution in [1.29, 1.82) is 0 Å². The number of benzene rings is 2. The fourth-order valence-electron chi connectivity index (χ4n) is 3.06. The van der Waals surface area contributed by atoms with Gasteiger partial charge in [-0.05, 0) is 36.9 Å². The number of halogens is 1. The first-order chi connectivity index (χ1) is 11.6. The molecule has 1 atom stereocenters. The third kappa shape index (κ3) is 4.35. The molecule has 0 bridgehead atoms. The minimum atomic E-state index is 0.00260. The summed E-state index contributed by atoms with van der Waals surface area (Å²) in [6, 6.07) is 17.8. The second-order valence-electron chi connectivity index (χ2n) is 6.21. The van der Waals surface area contributed by atoms with Crippen LogP contribution < -0.4 is 5.32 Å². The Hall–Kier alpha value is -1.88. The quantitative estimate of drug-likeness (QED) is 0.925. The van der Waals surface area contributed by atoms with Gasteiger partial charge in [0.05, 0.1) is 6.54 Å². The minimum absolute atomic E-state index is 0.00260. The molecule has 1 fully saturated rings. The fraction of sp³-hybridized carbons (Fsp3) is 0.316. The Bertz CT molecular complexity index is 675. The van der Waals surface area contributed by atoms with Crippen molar-refractivity contribution in [3.8, 4) is 0 Å². The zero-order chi connectivity index (χ0) is 16.9. The average molecular weight is 344 g/mol. The lowest BCUT2D eigenvalue weighted by Gasteiger charge is -2.39. The van der Waals surface area contributed by atoms with E-state index in [9.17, 15) is 4.79 Å². The lowest BCUT2D eigenvalue weighted by atomic mass is 10.0. The summed E-state index contributed by atoms with van der Waals surface area (Å²) in [5, 5.41) is 3.61.